The summed E-state index contributed by atoms with van der Waals surface area (Å²) >= 11 is 0. The maximum atomic E-state index is 13.7. The number of para-hydroxylation sites is 1. The number of nitrogens with zero attached hydrogens (tertiary/aromatic N) is 4. The number of carbonyl (C=O) groups is 1. The molecule has 0 unspecified atom stereocenters. The van der Waals surface area contributed by atoms with E-state index in [-0.39, 0.29) is 11.7 Å². The van der Waals surface area contributed by atoms with Crippen molar-refractivity contribution >= 4 is 11.6 Å². The van der Waals surface area contributed by atoms with E-state index in [2.05, 4.69) is 15.4 Å². The van der Waals surface area contributed by atoms with Crippen molar-refractivity contribution in [2.75, 3.05) is 25.0 Å². The molecule has 0 radical (unpaired) electrons. The topological polar surface area (TPSA) is 63.1 Å². The van der Waals surface area contributed by atoms with Gasteiger partial charge in [0.25, 0.3) is 5.91 Å². The molecule has 0 atom stereocenters. The van der Waals surface area contributed by atoms with Crippen LogP contribution in [0.2, 0.25) is 0 Å². The Morgan fingerprint density at radius 3 is 2.67 bits per heavy atom. The van der Waals surface area contributed by atoms with Gasteiger partial charge >= 0.3 is 0 Å². The number of rotatable bonds is 8. The number of hydrogen-bond acceptors (Lipinski definition) is 4. The van der Waals surface area contributed by atoms with Gasteiger partial charge in [0.1, 0.15) is 18.5 Å². The van der Waals surface area contributed by atoms with Gasteiger partial charge in [0, 0.05) is 25.7 Å². The summed E-state index contributed by atoms with van der Waals surface area (Å²) in [4.78, 5) is 18.0. The van der Waals surface area contributed by atoms with Crippen molar-refractivity contribution in [2.45, 2.75) is 13.0 Å². The van der Waals surface area contributed by atoms with Crippen LogP contribution >= 0.6 is 0 Å². The lowest BCUT2D eigenvalue weighted by molar-refractivity contribution is 0.0953. The first-order chi connectivity index (χ1) is 13.1. The molecule has 27 heavy (non-hydrogen) atoms. The van der Waals surface area contributed by atoms with Gasteiger partial charge in [0.15, 0.2) is 0 Å². The van der Waals surface area contributed by atoms with Gasteiger partial charge in [-0.3, -0.25) is 4.79 Å². The summed E-state index contributed by atoms with van der Waals surface area (Å²) in [5, 5.41) is 6.96. The molecule has 6 nitrogen and oxygen atoms in total. The van der Waals surface area contributed by atoms with E-state index >= 15 is 0 Å². The molecule has 0 fully saturated rings. The zero-order chi connectivity index (χ0) is 19.1. The Bertz CT molecular complexity index is 864. The first kappa shape index (κ1) is 18.6. The van der Waals surface area contributed by atoms with Crippen molar-refractivity contribution in [1.29, 1.82) is 0 Å². The Labute approximate surface area is 157 Å². The van der Waals surface area contributed by atoms with Gasteiger partial charge in [-0.1, -0.05) is 24.3 Å². The third-order valence-electron chi connectivity index (χ3n) is 4.25. The first-order valence-electron chi connectivity index (χ1n) is 8.79. The van der Waals surface area contributed by atoms with E-state index in [1.165, 1.54) is 12.4 Å². The average Bonchev–Trinajstić information content (AvgIpc) is 3.19. The van der Waals surface area contributed by atoms with Gasteiger partial charge < -0.3 is 10.2 Å². The van der Waals surface area contributed by atoms with Gasteiger partial charge in [0.05, 0.1) is 12.2 Å². The molecule has 0 bridgehead atoms. The minimum absolute atomic E-state index is 0.115. The molecule has 7 heteroatoms. The van der Waals surface area contributed by atoms with Crippen LogP contribution < -0.4 is 10.2 Å². The van der Waals surface area contributed by atoms with Crippen LogP contribution in [-0.2, 0) is 6.54 Å². The van der Waals surface area contributed by atoms with Crippen LogP contribution in [0.3, 0.4) is 0 Å². The highest BCUT2D eigenvalue weighted by molar-refractivity contribution is 5.94. The second kappa shape index (κ2) is 8.93. The number of nitrogens with one attached hydrogen (secondary N) is 1. The Morgan fingerprint density at radius 1 is 1.19 bits per heavy atom. The van der Waals surface area contributed by atoms with Gasteiger partial charge in [-0.15, -0.1) is 0 Å². The van der Waals surface area contributed by atoms with Crippen molar-refractivity contribution in [3.63, 3.8) is 0 Å². The molecule has 1 N–H and O–H groups in total. The molecule has 1 amide bonds. The first-order valence-corrected chi connectivity index (χ1v) is 8.79. The van der Waals surface area contributed by atoms with E-state index in [9.17, 15) is 9.18 Å². The zero-order valence-corrected chi connectivity index (χ0v) is 15.2. The molecule has 2 aromatic carbocycles. The summed E-state index contributed by atoms with van der Waals surface area (Å²) in [7, 11) is 1.84. The number of hydrogen-bond donors (Lipinski definition) is 1. The van der Waals surface area contributed by atoms with Crippen LogP contribution in [0.25, 0.3) is 0 Å². The van der Waals surface area contributed by atoms with E-state index in [0.717, 1.165) is 12.0 Å². The SMILES string of the molecule is CN(CCCNC(=O)c1ccc(Cn2cncn2)cc1)c1ccccc1F. The maximum Gasteiger partial charge on any atom is 0.251 e. The lowest BCUT2D eigenvalue weighted by Crippen LogP contribution is -2.28. The largest absolute Gasteiger partial charge is 0.372 e. The van der Waals surface area contributed by atoms with E-state index in [1.54, 1.807) is 35.3 Å². The second-order valence-corrected chi connectivity index (χ2v) is 6.27. The fourth-order valence-electron chi connectivity index (χ4n) is 2.76. The fourth-order valence-corrected chi connectivity index (χ4v) is 2.76. The van der Waals surface area contributed by atoms with Gasteiger partial charge in [0.2, 0.25) is 0 Å². The minimum Gasteiger partial charge on any atom is -0.372 e. The number of anilines is 1. The third kappa shape index (κ3) is 5.13. The number of aromatic nitrogens is 3. The predicted molar refractivity (Wildman–Crippen MR) is 102 cm³/mol. The number of halogens is 1. The molecule has 0 saturated carbocycles. The summed E-state index contributed by atoms with van der Waals surface area (Å²) in [6, 6.07) is 14.1. The lowest BCUT2D eigenvalue weighted by Gasteiger charge is -2.19. The standard InChI is InChI=1S/C20H22FN5O/c1-25(19-6-3-2-5-18(19)21)12-4-11-23-20(27)17-9-7-16(8-10-17)13-26-15-22-14-24-26/h2-3,5-10,14-15H,4,11-13H2,1H3,(H,23,27). The summed E-state index contributed by atoms with van der Waals surface area (Å²) in [5.41, 5.74) is 2.22. The Hall–Kier alpha value is -3.22. The normalized spacial score (nSPS) is 10.6. The Morgan fingerprint density at radius 2 is 1.96 bits per heavy atom. The Kier molecular flexibility index (Phi) is 6.14. The average molecular weight is 367 g/mol. The molecule has 3 aromatic rings. The molecule has 1 heterocycles. The Balaban J connectivity index is 1.43. The lowest BCUT2D eigenvalue weighted by atomic mass is 10.1. The highest BCUT2D eigenvalue weighted by Crippen LogP contribution is 2.16. The highest BCUT2D eigenvalue weighted by Gasteiger charge is 2.08. The molecule has 0 spiro atoms. The molecule has 1 aromatic heterocycles. The molecule has 140 valence electrons. The van der Waals surface area contributed by atoms with Crippen LogP contribution in [0.5, 0.6) is 0 Å². The van der Waals surface area contributed by atoms with Gasteiger partial charge in [-0.25, -0.2) is 14.1 Å². The number of amides is 1. The van der Waals surface area contributed by atoms with Gasteiger partial charge in [-0.05, 0) is 36.2 Å². The highest BCUT2D eigenvalue weighted by atomic mass is 19.1. The van der Waals surface area contributed by atoms with E-state index in [1.807, 2.05) is 30.1 Å². The van der Waals surface area contributed by atoms with Crippen molar-refractivity contribution in [2.24, 2.45) is 0 Å². The molecule has 0 aliphatic heterocycles. The van der Waals surface area contributed by atoms with E-state index in [4.69, 9.17) is 0 Å². The summed E-state index contributed by atoms with van der Waals surface area (Å²) < 4.78 is 15.5. The monoisotopic (exact) mass is 367 g/mol. The molecule has 0 aliphatic rings. The van der Waals surface area contributed by atoms with Crippen LogP contribution in [0.4, 0.5) is 10.1 Å². The molecular weight excluding hydrogens is 345 g/mol. The van der Waals surface area contributed by atoms with E-state index in [0.29, 0.717) is 30.9 Å². The van der Waals surface area contributed by atoms with Crippen LogP contribution in [0, 0.1) is 5.82 Å². The van der Waals surface area contributed by atoms with E-state index < -0.39 is 0 Å². The minimum atomic E-state index is -0.241. The molecule has 0 saturated heterocycles. The van der Waals surface area contributed by atoms with Crippen molar-refractivity contribution in [3.8, 4) is 0 Å². The summed E-state index contributed by atoms with van der Waals surface area (Å²) in [6.07, 6.45) is 3.87. The quantitative estimate of drug-likeness (QED) is 0.622. The van der Waals surface area contributed by atoms with Crippen LogP contribution in [0.1, 0.15) is 22.3 Å². The van der Waals surface area contributed by atoms with Crippen molar-refractivity contribution in [1.82, 2.24) is 20.1 Å². The molecular formula is C20H22FN5O. The fraction of sp³-hybridized carbons (Fsp3) is 0.250. The number of benzene rings is 2. The number of carbonyl (C=O) groups excluding carboxylic acids is 1. The molecule has 0 aliphatic carbocycles. The summed E-state index contributed by atoms with van der Waals surface area (Å²) in [6.45, 7) is 1.79. The smallest absolute Gasteiger partial charge is 0.251 e. The molecule has 3 rings (SSSR count). The van der Waals surface area contributed by atoms with Crippen LogP contribution in [0.15, 0.2) is 61.2 Å². The maximum absolute atomic E-state index is 13.7. The van der Waals surface area contributed by atoms with Crippen molar-refractivity contribution in [3.05, 3.63) is 78.1 Å². The third-order valence-corrected chi connectivity index (χ3v) is 4.25. The van der Waals surface area contributed by atoms with Crippen LogP contribution in [-0.4, -0.2) is 40.8 Å². The van der Waals surface area contributed by atoms with Gasteiger partial charge in [-0.2, -0.15) is 5.10 Å². The predicted octanol–water partition coefficient (Wildman–Crippen LogP) is 2.72. The second-order valence-electron chi connectivity index (χ2n) is 6.27. The zero-order valence-electron chi connectivity index (χ0n) is 15.2. The summed E-state index contributed by atoms with van der Waals surface area (Å²) in [5.74, 6) is -0.356. The van der Waals surface area contributed by atoms with Crippen molar-refractivity contribution < 1.29 is 9.18 Å².